The normalized spacial score (nSPS) is 26.6. The van der Waals surface area contributed by atoms with E-state index in [1.54, 1.807) is 24.3 Å². The fourth-order valence-electron chi connectivity index (χ4n) is 3.05. The summed E-state index contributed by atoms with van der Waals surface area (Å²) < 4.78 is 24.2. The van der Waals surface area contributed by atoms with Crippen molar-refractivity contribution in [3.05, 3.63) is 29.8 Å². The molecule has 3 rings (SSSR count). The summed E-state index contributed by atoms with van der Waals surface area (Å²) in [6, 6.07) is 6.80. The van der Waals surface area contributed by atoms with E-state index in [4.69, 9.17) is 0 Å². The van der Waals surface area contributed by atoms with Gasteiger partial charge in [0.15, 0.2) is 0 Å². The topological polar surface area (TPSA) is 58.5 Å². The minimum Gasteiger partial charge on any atom is -0.200 e. The molecule has 0 aromatic heterocycles. The summed E-state index contributed by atoms with van der Waals surface area (Å²) in [6.45, 7) is 1.93. The van der Waals surface area contributed by atoms with E-state index >= 15 is 0 Å². The van der Waals surface area contributed by atoms with Crippen molar-refractivity contribution in [2.75, 3.05) is 0 Å². The average molecular weight is 301 g/mol. The maximum atomic E-state index is 12.1. The fraction of sp³-hybridized carbons (Fsp3) is 0.500. The van der Waals surface area contributed by atoms with Crippen LogP contribution >= 0.6 is 0 Å². The van der Waals surface area contributed by atoms with Crippen molar-refractivity contribution in [3.8, 4) is 0 Å². The van der Waals surface area contributed by atoms with Crippen LogP contribution in [0.15, 0.2) is 34.3 Å². The molecule has 0 heterocycles. The van der Waals surface area contributed by atoms with Crippen molar-refractivity contribution in [2.45, 2.75) is 37.5 Å². The zero-order valence-electron chi connectivity index (χ0n) is 12.0. The molecule has 0 spiro atoms. The Morgan fingerprint density at radius 3 is 2.45 bits per heavy atom. The van der Waals surface area contributed by atoms with E-state index in [9.17, 15) is 8.42 Å². The second-order valence-corrected chi connectivity index (χ2v) is 7.25. The number of fused-ring (bicyclic) bond motifs is 2. The van der Waals surface area contributed by atoms with Crippen LogP contribution in [0.4, 0.5) is 0 Å². The predicted octanol–water partition coefficient (Wildman–Crippen LogP) is -0.547. The van der Waals surface area contributed by atoms with Gasteiger partial charge in [-0.15, -0.1) is 0 Å². The van der Waals surface area contributed by atoms with Gasteiger partial charge in [0.2, 0.25) is 0 Å². The number of hydrazone groups is 1. The molecule has 20 heavy (non-hydrogen) atoms. The van der Waals surface area contributed by atoms with Gasteiger partial charge in [-0.3, -0.25) is 0 Å². The van der Waals surface area contributed by atoms with Gasteiger partial charge in [0, 0.05) is 5.71 Å². The Morgan fingerprint density at radius 1 is 1.20 bits per heavy atom. The number of hydrogen-bond donors (Lipinski definition) is 1. The molecular formula is C14H18N2NaO2S+. The predicted molar refractivity (Wildman–Crippen MR) is 74.4 cm³/mol. The molecule has 0 amide bonds. The summed E-state index contributed by atoms with van der Waals surface area (Å²) in [5.74, 6) is 1.23. The molecule has 2 aliphatic carbocycles. The SMILES string of the molecule is Cc1ccc(S(=O)(=O)N/N=C2\CC3CCC2C3)cc1.[Na+]. The van der Waals surface area contributed by atoms with E-state index in [-0.39, 0.29) is 34.5 Å². The minimum absolute atomic E-state index is 0. The molecule has 2 bridgehead atoms. The standard InChI is InChI=1S/C14H18N2O2S.Na/c1-10-2-6-13(7-3-10)19(17,18)16-15-14-9-11-4-5-12(14)8-11;/h2-3,6-7,11-12,16H,4-5,8-9H2,1H3;/q;+1/b15-14+;. The maximum Gasteiger partial charge on any atom is 1.00 e. The Hall–Kier alpha value is -0.360. The first-order valence-electron chi connectivity index (χ1n) is 6.69. The molecular weight excluding hydrogens is 283 g/mol. The van der Waals surface area contributed by atoms with Gasteiger partial charge in [-0.2, -0.15) is 13.5 Å². The van der Waals surface area contributed by atoms with Crippen molar-refractivity contribution in [2.24, 2.45) is 16.9 Å². The molecule has 1 aromatic carbocycles. The van der Waals surface area contributed by atoms with Gasteiger partial charge in [0.1, 0.15) is 0 Å². The second-order valence-electron chi connectivity index (χ2n) is 5.59. The van der Waals surface area contributed by atoms with E-state index in [0.717, 1.165) is 30.0 Å². The Balaban J connectivity index is 0.00000147. The van der Waals surface area contributed by atoms with E-state index in [1.807, 2.05) is 6.92 Å². The molecule has 102 valence electrons. The van der Waals surface area contributed by atoms with Gasteiger partial charge in [-0.25, -0.2) is 4.83 Å². The summed E-state index contributed by atoms with van der Waals surface area (Å²) in [4.78, 5) is 2.65. The summed E-state index contributed by atoms with van der Waals surface area (Å²) in [5.41, 5.74) is 2.07. The molecule has 6 heteroatoms. The molecule has 2 unspecified atom stereocenters. The Morgan fingerprint density at radius 2 is 1.90 bits per heavy atom. The van der Waals surface area contributed by atoms with E-state index < -0.39 is 10.0 Å². The number of aryl methyl sites for hydroxylation is 1. The van der Waals surface area contributed by atoms with Crippen LogP contribution in [-0.2, 0) is 10.0 Å². The van der Waals surface area contributed by atoms with Crippen molar-refractivity contribution >= 4 is 15.7 Å². The van der Waals surface area contributed by atoms with Crippen LogP contribution in [0.5, 0.6) is 0 Å². The number of nitrogens with zero attached hydrogens (tertiary/aromatic N) is 1. The zero-order valence-corrected chi connectivity index (χ0v) is 14.8. The average Bonchev–Trinajstić information content (AvgIpc) is 2.99. The van der Waals surface area contributed by atoms with Crippen molar-refractivity contribution in [3.63, 3.8) is 0 Å². The van der Waals surface area contributed by atoms with Crippen LogP contribution < -0.4 is 34.4 Å². The van der Waals surface area contributed by atoms with Crippen LogP contribution in [-0.4, -0.2) is 14.1 Å². The van der Waals surface area contributed by atoms with Crippen LogP contribution in [0, 0.1) is 18.8 Å². The summed E-state index contributed by atoms with van der Waals surface area (Å²) in [7, 11) is -3.52. The number of rotatable bonds is 3. The number of hydrogen-bond acceptors (Lipinski definition) is 3. The molecule has 2 fully saturated rings. The molecule has 1 aromatic rings. The molecule has 4 nitrogen and oxygen atoms in total. The van der Waals surface area contributed by atoms with Gasteiger partial charge in [0.25, 0.3) is 10.0 Å². The van der Waals surface area contributed by atoms with Crippen molar-refractivity contribution < 1.29 is 38.0 Å². The van der Waals surface area contributed by atoms with Gasteiger partial charge in [0.05, 0.1) is 4.90 Å². The van der Waals surface area contributed by atoms with Gasteiger partial charge in [-0.1, -0.05) is 17.7 Å². The van der Waals surface area contributed by atoms with Crippen LogP contribution in [0.2, 0.25) is 0 Å². The number of benzene rings is 1. The van der Waals surface area contributed by atoms with Crippen LogP contribution in [0.1, 0.15) is 31.2 Å². The van der Waals surface area contributed by atoms with Crippen LogP contribution in [0.3, 0.4) is 0 Å². The zero-order chi connectivity index (χ0) is 13.5. The minimum atomic E-state index is -3.52. The first kappa shape index (κ1) is 16.0. The van der Waals surface area contributed by atoms with Gasteiger partial charge in [-0.05, 0) is 56.6 Å². The Kier molecular flexibility index (Phi) is 4.95. The maximum absolute atomic E-state index is 12.1. The summed E-state index contributed by atoms with van der Waals surface area (Å²) >= 11 is 0. The Labute approximate surface area is 142 Å². The van der Waals surface area contributed by atoms with Gasteiger partial charge >= 0.3 is 29.6 Å². The quantitative estimate of drug-likeness (QED) is 0.602. The Bertz CT molecular complexity index is 611. The number of sulfonamides is 1. The van der Waals surface area contributed by atoms with E-state index in [2.05, 4.69) is 9.93 Å². The van der Waals surface area contributed by atoms with Crippen LogP contribution in [0.25, 0.3) is 0 Å². The van der Waals surface area contributed by atoms with Crippen molar-refractivity contribution in [1.82, 2.24) is 4.83 Å². The third-order valence-corrected chi connectivity index (χ3v) is 5.38. The third-order valence-electron chi connectivity index (χ3n) is 4.15. The largest absolute Gasteiger partial charge is 1.00 e. The molecule has 0 saturated heterocycles. The molecule has 2 saturated carbocycles. The van der Waals surface area contributed by atoms with E-state index in [0.29, 0.717) is 5.92 Å². The van der Waals surface area contributed by atoms with Crippen molar-refractivity contribution in [1.29, 1.82) is 0 Å². The van der Waals surface area contributed by atoms with Gasteiger partial charge < -0.3 is 0 Å². The number of nitrogens with one attached hydrogen (secondary N) is 1. The molecule has 0 aliphatic heterocycles. The second kappa shape index (κ2) is 6.18. The molecule has 2 aliphatic rings. The monoisotopic (exact) mass is 301 g/mol. The third kappa shape index (κ3) is 3.27. The van der Waals surface area contributed by atoms with E-state index in [1.165, 1.54) is 12.8 Å². The molecule has 0 radical (unpaired) electrons. The smallest absolute Gasteiger partial charge is 0.200 e. The fourth-order valence-corrected chi connectivity index (χ4v) is 3.89. The first-order chi connectivity index (χ1) is 9.04. The summed E-state index contributed by atoms with van der Waals surface area (Å²) in [5, 5.41) is 4.16. The molecule has 2 atom stereocenters. The first-order valence-corrected chi connectivity index (χ1v) is 8.18. The molecule has 1 N–H and O–H groups in total. The summed E-state index contributed by atoms with van der Waals surface area (Å²) in [6.07, 6.45) is 4.58.